The summed E-state index contributed by atoms with van der Waals surface area (Å²) in [5, 5.41) is 27.7. The third kappa shape index (κ3) is 4.77. The van der Waals surface area contributed by atoms with E-state index >= 15 is 0 Å². The van der Waals surface area contributed by atoms with Crippen molar-refractivity contribution in [3.63, 3.8) is 0 Å². The molecule has 2 aromatic heterocycles. The zero-order valence-corrected chi connectivity index (χ0v) is 14.3. The van der Waals surface area contributed by atoms with Crippen LogP contribution in [0.1, 0.15) is 5.69 Å². The smallest absolute Gasteiger partial charge is 0.433 e. The minimum absolute atomic E-state index is 0.144. The number of nitrogen functional groups attached to an aromatic ring is 1. The molecular weight excluding hydrogens is 385 g/mol. The highest BCUT2D eigenvalue weighted by Crippen LogP contribution is 2.29. The maximum atomic E-state index is 12.7. The Morgan fingerprint density at radius 2 is 1.89 bits per heavy atom. The second kappa shape index (κ2) is 8.12. The van der Waals surface area contributed by atoms with Crippen LogP contribution in [0.4, 0.5) is 19.0 Å². The molecule has 152 valence electrons. The normalized spacial score (nSPS) is 25.3. The van der Waals surface area contributed by atoms with E-state index in [-0.39, 0.29) is 30.8 Å². The van der Waals surface area contributed by atoms with E-state index in [1.165, 1.54) is 18.2 Å². The number of ether oxygens (including phenoxy) is 3. The lowest BCUT2D eigenvalue weighted by atomic mass is 10.0. The highest BCUT2D eigenvalue weighted by atomic mass is 19.4. The summed E-state index contributed by atoms with van der Waals surface area (Å²) in [5.41, 5.74) is 4.28. The number of hydrogen-bond acceptors (Lipinski definition) is 9. The van der Waals surface area contributed by atoms with Crippen molar-refractivity contribution >= 4 is 5.82 Å². The molecule has 1 aliphatic heterocycles. The number of aromatic nitrogens is 3. The molecule has 1 aliphatic rings. The van der Waals surface area contributed by atoms with Gasteiger partial charge in [-0.25, -0.2) is 4.98 Å². The fourth-order valence-corrected chi connectivity index (χ4v) is 2.47. The summed E-state index contributed by atoms with van der Waals surface area (Å²) < 4.78 is 54.2. The third-order valence-electron chi connectivity index (χ3n) is 3.93. The quantitative estimate of drug-likeness (QED) is 0.651. The number of aliphatic hydroxyl groups is 2. The largest absolute Gasteiger partial charge is 0.474 e. The minimum atomic E-state index is -4.63. The van der Waals surface area contributed by atoms with Crippen LogP contribution in [-0.2, 0) is 10.9 Å². The summed E-state index contributed by atoms with van der Waals surface area (Å²) in [7, 11) is 0. The van der Waals surface area contributed by atoms with Crippen LogP contribution in [0, 0.1) is 0 Å². The molecule has 2 aromatic rings. The van der Waals surface area contributed by atoms with Crippen molar-refractivity contribution in [2.45, 2.75) is 30.6 Å². The monoisotopic (exact) mass is 402 g/mol. The number of hydrogen-bond donors (Lipinski definition) is 3. The number of pyridine rings is 1. The molecule has 0 saturated carbocycles. The van der Waals surface area contributed by atoms with Crippen molar-refractivity contribution in [3.8, 4) is 11.8 Å². The summed E-state index contributed by atoms with van der Waals surface area (Å²) in [4.78, 5) is 3.35. The number of halogens is 3. The third-order valence-corrected chi connectivity index (χ3v) is 3.93. The lowest BCUT2D eigenvalue weighted by Crippen LogP contribution is -2.56. The van der Waals surface area contributed by atoms with E-state index in [2.05, 4.69) is 15.2 Å². The zero-order chi connectivity index (χ0) is 20.3. The van der Waals surface area contributed by atoms with Gasteiger partial charge in [0.05, 0.1) is 6.61 Å². The van der Waals surface area contributed by atoms with Crippen LogP contribution in [-0.4, -0.2) is 63.0 Å². The number of nitrogens with two attached hydrogens (primary N) is 1. The van der Waals surface area contributed by atoms with E-state index in [1.54, 1.807) is 0 Å². The van der Waals surface area contributed by atoms with Crippen molar-refractivity contribution in [1.29, 1.82) is 0 Å². The van der Waals surface area contributed by atoms with E-state index in [0.717, 1.165) is 12.1 Å². The SMILES string of the molecule is Nc1ccc(OC[C@H]2OC[C@H](Oc3cccc(C(F)(F)F)n3)[C@@H](O)[C@H]2O)nn1. The molecule has 0 unspecified atom stereocenters. The van der Waals surface area contributed by atoms with Crippen LogP contribution in [0.25, 0.3) is 0 Å². The summed E-state index contributed by atoms with van der Waals surface area (Å²) in [6.45, 7) is -0.344. The van der Waals surface area contributed by atoms with Crippen molar-refractivity contribution < 1.29 is 37.6 Å². The summed E-state index contributed by atoms with van der Waals surface area (Å²) in [6.07, 6.45) is -9.50. The number of nitrogens with zero attached hydrogens (tertiary/aromatic N) is 3. The molecule has 0 radical (unpaired) electrons. The van der Waals surface area contributed by atoms with Crippen LogP contribution in [0.5, 0.6) is 11.8 Å². The van der Waals surface area contributed by atoms with Gasteiger partial charge in [-0.2, -0.15) is 13.2 Å². The van der Waals surface area contributed by atoms with Crippen molar-refractivity contribution in [1.82, 2.24) is 15.2 Å². The maximum Gasteiger partial charge on any atom is 0.433 e. The molecule has 1 fully saturated rings. The van der Waals surface area contributed by atoms with Gasteiger partial charge in [0, 0.05) is 12.1 Å². The van der Waals surface area contributed by atoms with Crippen LogP contribution in [0.3, 0.4) is 0 Å². The second-order valence-corrected chi connectivity index (χ2v) is 5.98. The molecule has 0 spiro atoms. The van der Waals surface area contributed by atoms with Crippen LogP contribution in [0.2, 0.25) is 0 Å². The minimum Gasteiger partial charge on any atom is -0.474 e. The molecule has 28 heavy (non-hydrogen) atoms. The maximum absolute atomic E-state index is 12.7. The summed E-state index contributed by atoms with van der Waals surface area (Å²) in [5.74, 6) is 0.00692. The molecular formula is C16H17F3N4O5. The molecule has 9 nitrogen and oxygen atoms in total. The molecule has 0 aliphatic carbocycles. The molecule has 3 heterocycles. The van der Waals surface area contributed by atoms with Gasteiger partial charge in [0.1, 0.15) is 36.4 Å². The molecule has 12 heteroatoms. The Morgan fingerprint density at radius 1 is 1.11 bits per heavy atom. The van der Waals surface area contributed by atoms with Crippen LogP contribution < -0.4 is 15.2 Å². The molecule has 0 amide bonds. The topological polar surface area (TPSA) is 133 Å². The van der Waals surface area contributed by atoms with Gasteiger partial charge in [0.15, 0.2) is 6.10 Å². The first-order valence-electron chi connectivity index (χ1n) is 8.14. The van der Waals surface area contributed by atoms with E-state index in [9.17, 15) is 23.4 Å². The average Bonchev–Trinajstić information content (AvgIpc) is 2.66. The van der Waals surface area contributed by atoms with Gasteiger partial charge >= 0.3 is 6.18 Å². The van der Waals surface area contributed by atoms with Gasteiger partial charge in [-0.05, 0) is 12.1 Å². The molecule has 0 bridgehead atoms. The number of anilines is 1. The van der Waals surface area contributed by atoms with Crippen LogP contribution >= 0.6 is 0 Å². The molecule has 0 aromatic carbocycles. The predicted octanol–water partition coefficient (Wildman–Crippen LogP) is 0.420. The van der Waals surface area contributed by atoms with Crippen LogP contribution in [0.15, 0.2) is 30.3 Å². The lowest BCUT2D eigenvalue weighted by molar-refractivity contribution is -0.187. The van der Waals surface area contributed by atoms with E-state index in [4.69, 9.17) is 19.9 Å². The molecule has 3 rings (SSSR count). The van der Waals surface area contributed by atoms with Gasteiger partial charge < -0.3 is 30.2 Å². The van der Waals surface area contributed by atoms with E-state index in [1.807, 2.05) is 0 Å². The fourth-order valence-electron chi connectivity index (χ4n) is 2.47. The first-order valence-corrected chi connectivity index (χ1v) is 8.14. The van der Waals surface area contributed by atoms with Crippen molar-refractivity contribution in [3.05, 3.63) is 36.0 Å². The Hall–Kier alpha value is -2.70. The average molecular weight is 402 g/mol. The lowest BCUT2D eigenvalue weighted by Gasteiger charge is -2.37. The summed E-state index contributed by atoms with van der Waals surface area (Å²) in [6, 6.07) is 6.08. The Bertz CT molecular complexity index is 793. The highest BCUT2D eigenvalue weighted by molar-refractivity contribution is 5.27. The molecule has 1 saturated heterocycles. The zero-order valence-electron chi connectivity index (χ0n) is 14.3. The van der Waals surface area contributed by atoms with Crippen molar-refractivity contribution in [2.24, 2.45) is 0 Å². The van der Waals surface area contributed by atoms with Gasteiger partial charge in [-0.3, -0.25) is 0 Å². The number of alkyl halides is 3. The predicted molar refractivity (Wildman–Crippen MR) is 87.3 cm³/mol. The second-order valence-electron chi connectivity index (χ2n) is 5.98. The van der Waals surface area contributed by atoms with Gasteiger partial charge in [-0.15, -0.1) is 10.2 Å². The number of rotatable bonds is 5. The van der Waals surface area contributed by atoms with Gasteiger partial charge in [0.25, 0.3) is 0 Å². The first-order chi connectivity index (χ1) is 13.2. The Kier molecular flexibility index (Phi) is 5.82. The first kappa shape index (κ1) is 20.0. The van der Waals surface area contributed by atoms with Crippen molar-refractivity contribution in [2.75, 3.05) is 18.9 Å². The number of aliphatic hydroxyl groups excluding tert-OH is 2. The van der Waals surface area contributed by atoms with E-state index < -0.39 is 36.3 Å². The van der Waals surface area contributed by atoms with Gasteiger partial charge in [-0.1, -0.05) is 6.07 Å². The Morgan fingerprint density at radius 3 is 2.57 bits per heavy atom. The standard InChI is InChI=1S/C16H17F3N4O5/c17-16(18,19)10-2-1-3-12(21-10)28-9-7-26-8(14(24)15(9)25)6-27-13-5-4-11(20)22-23-13/h1-5,8-9,14-15,24-25H,6-7H2,(H2,20,22)/t8-,9+,14+,15-/m1/s1. The van der Waals surface area contributed by atoms with Gasteiger partial charge in [0.2, 0.25) is 11.8 Å². The highest BCUT2D eigenvalue weighted by Gasteiger charge is 2.41. The molecule has 4 atom stereocenters. The molecule has 4 N–H and O–H groups in total. The Balaban J connectivity index is 1.58. The fraction of sp³-hybridized carbons (Fsp3) is 0.438. The summed E-state index contributed by atoms with van der Waals surface area (Å²) >= 11 is 0. The van der Waals surface area contributed by atoms with E-state index in [0.29, 0.717) is 0 Å². The Labute approximate surface area is 156 Å².